The van der Waals surface area contributed by atoms with Gasteiger partial charge in [-0.25, -0.2) is 0 Å². The first-order chi connectivity index (χ1) is 9.63. The van der Waals surface area contributed by atoms with Crippen LogP contribution in [0.3, 0.4) is 0 Å². The van der Waals surface area contributed by atoms with E-state index in [1.54, 1.807) is 7.11 Å². The van der Waals surface area contributed by atoms with Crippen molar-refractivity contribution >= 4 is 11.6 Å². The highest BCUT2D eigenvalue weighted by atomic mass is 35.5. The molecule has 1 unspecified atom stereocenters. The van der Waals surface area contributed by atoms with E-state index in [9.17, 15) is 0 Å². The summed E-state index contributed by atoms with van der Waals surface area (Å²) in [5.74, 6) is 0.511. The molecule has 106 valence electrons. The molecule has 0 aliphatic rings. The van der Waals surface area contributed by atoms with Crippen molar-refractivity contribution in [2.75, 3.05) is 14.2 Å². The molecule has 1 aromatic carbocycles. The van der Waals surface area contributed by atoms with Gasteiger partial charge in [-0.2, -0.15) is 5.10 Å². The lowest BCUT2D eigenvalue weighted by Gasteiger charge is -2.16. The van der Waals surface area contributed by atoms with Crippen LogP contribution in [0.1, 0.15) is 22.9 Å². The van der Waals surface area contributed by atoms with Crippen molar-refractivity contribution < 1.29 is 4.74 Å². The van der Waals surface area contributed by atoms with Gasteiger partial charge in [0, 0.05) is 11.1 Å². The normalized spacial score (nSPS) is 12.2. The summed E-state index contributed by atoms with van der Waals surface area (Å²) >= 11 is 6.28. The van der Waals surface area contributed by atoms with Crippen molar-refractivity contribution in [3.05, 3.63) is 52.2 Å². The van der Waals surface area contributed by atoms with E-state index in [0.717, 1.165) is 28.3 Å². The van der Waals surface area contributed by atoms with Gasteiger partial charge in [0.25, 0.3) is 0 Å². The van der Waals surface area contributed by atoms with Gasteiger partial charge < -0.3 is 10.1 Å². The number of ether oxygens (including phenoxy) is 1. The molecule has 1 atom stereocenters. The summed E-state index contributed by atoms with van der Waals surface area (Å²) in [5.41, 5.74) is 3.11. The summed E-state index contributed by atoms with van der Waals surface area (Å²) in [6.07, 6.45) is 0.761. The van der Waals surface area contributed by atoms with E-state index in [1.165, 1.54) is 0 Å². The first-order valence-corrected chi connectivity index (χ1v) is 6.81. The van der Waals surface area contributed by atoms with Crippen molar-refractivity contribution in [2.24, 2.45) is 0 Å². The average Bonchev–Trinajstić information content (AvgIpc) is 2.47. The molecule has 0 radical (unpaired) electrons. The van der Waals surface area contributed by atoms with Gasteiger partial charge in [-0.1, -0.05) is 23.7 Å². The van der Waals surface area contributed by atoms with E-state index in [4.69, 9.17) is 16.3 Å². The monoisotopic (exact) mass is 291 g/mol. The topological polar surface area (TPSA) is 47.0 Å². The molecule has 1 aromatic heterocycles. The summed E-state index contributed by atoms with van der Waals surface area (Å²) in [4.78, 5) is 0. The Morgan fingerprint density at radius 2 is 2.05 bits per heavy atom. The van der Waals surface area contributed by atoms with Crippen LogP contribution in [0.5, 0.6) is 5.88 Å². The lowest BCUT2D eigenvalue weighted by atomic mass is 10.0. The first-order valence-electron chi connectivity index (χ1n) is 6.44. The standard InChI is InChI=1S/C15H18ClN3O/c1-10-4-5-11(12(16)8-10)9-14(17-2)13-6-7-15(20-3)19-18-13/h4-8,14,17H,9H2,1-3H3. The molecular formula is C15H18ClN3O. The number of aryl methyl sites for hydroxylation is 1. The number of nitrogens with one attached hydrogen (secondary N) is 1. The molecule has 0 bridgehead atoms. The zero-order valence-electron chi connectivity index (χ0n) is 11.9. The van der Waals surface area contributed by atoms with E-state index < -0.39 is 0 Å². The summed E-state index contributed by atoms with van der Waals surface area (Å²) in [6, 6.07) is 9.88. The van der Waals surface area contributed by atoms with Crippen LogP contribution in [0.4, 0.5) is 0 Å². The number of nitrogens with zero attached hydrogens (tertiary/aromatic N) is 2. The Balaban J connectivity index is 2.19. The Morgan fingerprint density at radius 1 is 1.25 bits per heavy atom. The fourth-order valence-electron chi connectivity index (χ4n) is 2.02. The maximum atomic E-state index is 6.28. The van der Waals surface area contributed by atoms with Crippen LogP contribution in [0, 0.1) is 6.92 Å². The molecule has 0 fully saturated rings. The van der Waals surface area contributed by atoms with Gasteiger partial charge >= 0.3 is 0 Å². The average molecular weight is 292 g/mol. The largest absolute Gasteiger partial charge is 0.480 e. The summed E-state index contributed by atoms with van der Waals surface area (Å²) in [5, 5.41) is 12.2. The highest BCUT2D eigenvalue weighted by Crippen LogP contribution is 2.23. The SMILES string of the molecule is CNC(Cc1ccc(C)cc1Cl)c1ccc(OC)nn1. The van der Waals surface area contributed by atoms with Crippen molar-refractivity contribution in [1.82, 2.24) is 15.5 Å². The second kappa shape index (κ2) is 6.68. The summed E-state index contributed by atoms with van der Waals surface area (Å²) in [7, 11) is 3.48. The molecule has 1 N–H and O–H groups in total. The fourth-order valence-corrected chi connectivity index (χ4v) is 2.33. The molecule has 0 spiro atoms. The molecule has 0 aliphatic heterocycles. The smallest absolute Gasteiger partial charge is 0.233 e. The zero-order chi connectivity index (χ0) is 14.5. The lowest BCUT2D eigenvalue weighted by molar-refractivity contribution is 0.389. The van der Waals surface area contributed by atoms with Gasteiger partial charge in [-0.3, -0.25) is 0 Å². The Labute approximate surface area is 124 Å². The number of methoxy groups -OCH3 is 1. The van der Waals surface area contributed by atoms with Crippen molar-refractivity contribution in [2.45, 2.75) is 19.4 Å². The maximum Gasteiger partial charge on any atom is 0.233 e. The van der Waals surface area contributed by atoms with Crippen LogP contribution in [-0.2, 0) is 6.42 Å². The van der Waals surface area contributed by atoms with Crippen molar-refractivity contribution in [3.63, 3.8) is 0 Å². The highest BCUT2D eigenvalue weighted by Gasteiger charge is 2.14. The summed E-state index contributed by atoms with van der Waals surface area (Å²) in [6.45, 7) is 2.03. The minimum atomic E-state index is 0.0635. The third-order valence-corrected chi connectivity index (χ3v) is 3.56. The molecule has 0 saturated carbocycles. The first kappa shape index (κ1) is 14.8. The van der Waals surface area contributed by atoms with Gasteiger partial charge in [-0.05, 0) is 43.7 Å². The highest BCUT2D eigenvalue weighted by molar-refractivity contribution is 6.31. The number of hydrogen-bond donors (Lipinski definition) is 1. The van der Waals surface area contributed by atoms with Crippen LogP contribution >= 0.6 is 11.6 Å². The molecular weight excluding hydrogens is 274 g/mol. The predicted molar refractivity (Wildman–Crippen MR) is 80.3 cm³/mol. The van der Waals surface area contributed by atoms with Crippen LogP contribution in [0.25, 0.3) is 0 Å². The van der Waals surface area contributed by atoms with Crippen molar-refractivity contribution in [3.8, 4) is 5.88 Å². The Hall–Kier alpha value is -1.65. The van der Waals surface area contributed by atoms with Crippen LogP contribution in [-0.4, -0.2) is 24.4 Å². The fraction of sp³-hybridized carbons (Fsp3) is 0.333. The van der Waals surface area contributed by atoms with Crippen molar-refractivity contribution in [1.29, 1.82) is 0 Å². The molecule has 0 amide bonds. The number of rotatable bonds is 5. The molecule has 20 heavy (non-hydrogen) atoms. The number of aromatic nitrogens is 2. The Kier molecular flexibility index (Phi) is 4.93. The number of benzene rings is 1. The quantitative estimate of drug-likeness (QED) is 0.920. The van der Waals surface area contributed by atoms with Crippen LogP contribution < -0.4 is 10.1 Å². The molecule has 2 aromatic rings. The van der Waals surface area contributed by atoms with Gasteiger partial charge in [0.05, 0.1) is 18.8 Å². The van der Waals surface area contributed by atoms with E-state index in [1.807, 2.05) is 32.2 Å². The third-order valence-electron chi connectivity index (χ3n) is 3.21. The lowest BCUT2D eigenvalue weighted by Crippen LogP contribution is -2.20. The van der Waals surface area contributed by atoms with E-state index >= 15 is 0 Å². The predicted octanol–water partition coefficient (Wildman–Crippen LogP) is 2.95. The third kappa shape index (κ3) is 3.46. The molecule has 2 rings (SSSR count). The van der Waals surface area contributed by atoms with Gasteiger partial charge in [-0.15, -0.1) is 5.10 Å². The zero-order valence-corrected chi connectivity index (χ0v) is 12.6. The molecule has 4 nitrogen and oxygen atoms in total. The van der Waals surface area contributed by atoms with Gasteiger partial charge in [0.1, 0.15) is 0 Å². The minimum absolute atomic E-state index is 0.0635. The van der Waals surface area contributed by atoms with E-state index in [2.05, 4.69) is 27.6 Å². The van der Waals surface area contributed by atoms with Gasteiger partial charge in [0.15, 0.2) is 0 Å². The Morgan fingerprint density at radius 3 is 2.60 bits per heavy atom. The van der Waals surface area contributed by atoms with Crippen LogP contribution in [0.15, 0.2) is 30.3 Å². The van der Waals surface area contributed by atoms with Gasteiger partial charge in [0.2, 0.25) is 5.88 Å². The second-order valence-electron chi connectivity index (χ2n) is 4.64. The minimum Gasteiger partial charge on any atom is -0.480 e. The molecule has 1 heterocycles. The maximum absolute atomic E-state index is 6.28. The molecule has 0 aliphatic carbocycles. The van der Waals surface area contributed by atoms with Crippen LogP contribution in [0.2, 0.25) is 5.02 Å². The second-order valence-corrected chi connectivity index (χ2v) is 5.05. The number of halogens is 1. The molecule has 0 saturated heterocycles. The summed E-state index contributed by atoms with van der Waals surface area (Å²) < 4.78 is 5.02. The molecule has 5 heteroatoms. The van der Waals surface area contributed by atoms with E-state index in [0.29, 0.717) is 5.88 Å². The Bertz CT molecular complexity index is 572. The number of likely N-dealkylation sites (N-methyl/N-ethyl adjacent to an activating group) is 1. The number of hydrogen-bond acceptors (Lipinski definition) is 4. The van der Waals surface area contributed by atoms with E-state index in [-0.39, 0.29) is 6.04 Å².